The molecule has 0 saturated carbocycles. The van der Waals surface area contributed by atoms with E-state index in [1.165, 1.54) is 65.9 Å². The minimum Gasteiger partial charge on any atom is -0.0654 e. The number of benzene rings is 2. The van der Waals surface area contributed by atoms with Crippen molar-refractivity contribution in [3.05, 3.63) is 62.3 Å². The summed E-state index contributed by atoms with van der Waals surface area (Å²) >= 11 is 7.34. The van der Waals surface area contributed by atoms with E-state index in [1.807, 2.05) is 0 Å². The fourth-order valence-electron chi connectivity index (χ4n) is 4.17. The molecule has 0 amide bonds. The van der Waals surface area contributed by atoms with Gasteiger partial charge in [0.25, 0.3) is 0 Å². The van der Waals surface area contributed by atoms with Gasteiger partial charge in [0.15, 0.2) is 0 Å². The Labute approximate surface area is 211 Å². The summed E-state index contributed by atoms with van der Waals surface area (Å²) in [4.78, 5) is 0. The smallest absolute Gasteiger partial charge is 0.0417 e. The summed E-state index contributed by atoms with van der Waals surface area (Å²) in [5, 5.41) is 0. The van der Waals surface area contributed by atoms with E-state index in [0.717, 1.165) is 17.9 Å². The lowest BCUT2D eigenvalue weighted by molar-refractivity contribution is 0.411. The van der Waals surface area contributed by atoms with Gasteiger partial charge >= 0.3 is 0 Å². The highest BCUT2D eigenvalue weighted by Crippen LogP contribution is 2.34. The molecule has 3 heteroatoms. The Balaban J connectivity index is 1.96. The Bertz CT molecular complexity index is 908. The monoisotopic (exact) mass is 708 g/mol. The van der Waals surface area contributed by atoms with Crippen LogP contribution in [-0.4, -0.2) is 0 Å². The lowest BCUT2D eigenvalue weighted by atomic mass is 9.78. The zero-order valence-corrected chi connectivity index (χ0v) is 23.4. The highest BCUT2D eigenvalue weighted by atomic mass is 127. The van der Waals surface area contributed by atoms with Gasteiger partial charge in [-0.05, 0) is 147 Å². The van der Waals surface area contributed by atoms with Gasteiger partial charge in [-0.15, -0.1) is 0 Å². The maximum absolute atomic E-state index is 3.55. The minimum atomic E-state index is 0.876. The maximum Gasteiger partial charge on any atom is 0.0417 e. The van der Waals surface area contributed by atoms with Crippen molar-refractivity contribution in [2.24, 2.45) is 5.92 Å². The fraction of sp³-hybridized carbons (Fsp3) is 0.440. The third-order valence-electron chi connectivity index (χ3n) is 5.84. The van der Waals surface area contributed by atoms with Crippen LogP contribution < -0.4 is 0 Å². The molecule has 2 aromatic carbocycles. The fourth-order valence-corrected chi connectivity index (χ4v) is 6.78. The number of fused-ring (bicyclic) bond motifs is 1. The van der Waals surface area contributed by atoms with Crippen molar-refractivity contribution < 1.29 is 0 Å². The largest absolute Gasteiger partial charge is 0.0654 e. The molecule has 1 atom stereocenters. The van der Waals surface area contributed by atoms with Crippen LogP contribution in [0.25, 0.3) is 0 Å². The zero-order valence-electron chi connectivity index (χ0n) is 16.9. The molecule has 0 fully saturated rings. The number of hydrogen-bond acceptors (Lipinski definition) is 0. The second-order valence-corrected chi connectivity index (χ2v) is 11.3. The van der Waals surface area contributed by atoms with Crippen molar-refractivity contribution in [3.8, 4) is 11.8 Å². The Hall–Kier alpha value is 0.190. The van der Waals surface area contributed by atoms with Gasteiger partial charge in [0.2, 0.25) is 0 Å². The normalized spacial score (nSPS) is 15.7. The second kappa shape index (κ2) is 10.5. The van der Waals surface area contributed by atoms with E-state index in [0.29, 0.717) is 0 Å². The van der Waals surface area contributed by atoms with Gasteiger partial charge in [-0.2, -0.15) is 0 Å². The molecule has 0 aromatic heterocycles. The molecular formula is C25H27I3. The van der Waals surface area contributed by atoms with E-state index >= 15 is 0 Å². The first-order valence-corrected chi connectivity index (χ1v) is 13.5. The molecule has 0 nitrogen and oxygen atoms in total. The molecule has 0 aliphatic heterocycles. The first kappa shape index (κ1) is 22.9. The standard InChI is InChI=1S/C25H27I3/c1-4-6-7-17-8-10-21-19(12-17)15-25(28)22(20(21)5-2)11-9-18-13-23(26)16(3)24(27)14-18/h13-15,17H,4-8,10,12H2,1-3H3. The van der Waals surface area contributed by atoms with Crippen LogP contribution >= 0.6 is 67.8 Å². The van der Waals surface area contributed by atoms with Crippen LogP contribution in [0.15, 0.2) is 18.2 Å². The van der Waals surface area contributed by atoms with Crippen LogP contribution in [0, 0.1) is 35.4 Å². The van der Waals surface area contributed by atoms with E-state index in [2.05, 4.69) is 119 Å². The molecule has 2 aromatic rings. The van der Waals surface area contributed by atoms with Crippen LogP contribution in [0.5, 0.6) is 0 Å². The molecular weight excluding hydrogens is 681 g/mol. The van der Waals surface area contributed by atoms with E-state index in [9.17, 15) is 0 Å². The molecule has 0 bridgehead atoms. The van der Waals surface area contributed by atoms with Gasteiger partial charge in [0.05, 0.1) is 0 Å². The SMILES string of the molecule is CCCCC1CCc2c(cc(I)c(C#Cc3cc(I)c(C)c(I)c3)c2CC)C1. The molecule has 1 aliphatic rings. The van der Waals surface area contributed by atoms with Crippen LogP contribution in [0.3, 0.4) is 0 Å². The van der Waals surface area contributed by atoms with Crippen molar-refractivity contribution in [3.63, 3.8) is 0 Å². The first-order valence-electron chi connectivity index (χ1n) is 10.2. The van der Waals surface area contributed by atoms with Gasteiger partial charge in [0, 0.05) is 21.8 Å². The van der Waals surface area contributed by atoms with Crippen molar-refractivity contribution in [2.45, 2.75) is 65.7 Å². The van der Waals surface area contributed by atoms with Gasteiger partial charge < -0.3 is 0 Å². The second-order valence-electron chi connectivity index (χ2n) is 7.77. The summed E-state index contributed by atoms with van der Waals surface area (Å²) < 4.78 is 3.92. The molecule has 3 rings (SSSR count). The highest BCUT2D eigenvalue weighted by Gasteiger charge is 2.23. The predicted octanol–water partition coefficient (Wildman–Crippen LogP) is 8.07. The molecule has 148 valence electrons. The van der Waals surface area contributed by atoms with Crippen molar-refractivity contribution >= 4 is 67.8 Å². The molecule has 28 heavy (non-hydrogen) atoms. The Morgan fingerprint density at radius 2 is 1.71 bits per heavy atom. The number of halogens is 3. The molecule has 1 aliphatic carbocycles. The number of hydrogen-bond donors (Lipinski definition) is 0. The summed E-state index contributed by atoms with van der Waals surface area (Å²) in [6, 6.07) is 6.85. The van der Waals surface area contributed by atoms with Gasteiger partial charge in [-0.1, -0.05) is 45.0 Å². The first-order chi connectivity index (χ1) is 13.4. The molecule has 1 unspecified atom stereocenters. The topological polar surface area (TPSA) is 0 Å². The Morgan fingerprint density at radius 3 is 2.36 bits per heavy atom. The number of rotatable bonds is 4. The van der Waals surface area contributed by atoms with Gasteiger partial charge in [-0.25, -0.2) is 0 Å². The van der Waals surface area contributed by atoms with Crippen LogP contribution in [0.1, 0.15) is 72.9 Å². The van der Waals surface area contributed by atoms with Crippen molar-refractivity contribution in [1.29, 1.82) is 0 Å². The quantitative estimate of drug-likeness (QED) is 0.223. The molecule has 0 spiro atoms. The number of unbranched alkanes of at least 4 members (excludes halogenated alkanes) is 1. The predicted molar refractivity (Wildman–Crippen MR) is 146 cm³/mol. The molecule has 0 radical (unpaired) electrons. The van der Waals surface area contributed by atoms with E-state index in [-0.39, 0.29) is 0 Å². The van der Waals surface area contributed by atoms with E-state index < -0.39 is 0 Å². The molecule has 0 heterocycles. The highest BCUT2D eigenvalue weighted by molar-refractivity contribution is 14.1. The van der Waals surface area contributed by atoms with Gasteiger partial charge in [0.1, 0.15) is 0 Å². The maximum atomic E-state index is 3.55. The van der Waals surface area contributed by atoms with Crippen LogP contribution in [-0.2, 0) is 19.3 Å². The van der Waals surface area contributed by atoms with Crippen LogP contribution in [0.4, 0.5) is 0 Å². The molecule has 0 N–H and O–H groups in total. The summed E-state index contributed by atoms with van der Waals surface area (Å²) in [5.74, 6) is 7.90. The third kappa shape index (κ3) is 5.26. The molecule has 0 saturated heterocycles. The van der Waals surface area contributed by atoms with E-state index in [1.54, 1.807) is 11.1 Å². The Morgan fingerprint density at radius 1 is 1.00 bits per heavy atom. The van der Waals surface area contributed by atoms with Crippen molar-refractivity contribution in [1.82, 2.24) is 0 Å². The minimum absolute atomic E-state index is 0.876. The zero-order chi connectivity index (χ0) is 20.3. The third-order valence-corrected chi connectivity index (χ3v) is 8.93. The van der Waals surface area contributed by atoms with E-state index in [4.69, 9.17) is 0 Å². The average Bonchev–Trinajstić information content (AvgIpc) is 2.68. The summed E-state index contributed by atoms with van der Waals surface area (Å²) in [7, 11) is 0. The summed E-state index contributed by atoms with van der Waals surface area (Å²) in [6.45, 7) is 6.77. The Kier molecular flexibility index (Phi) is 8.56. The van der Waals surface area contributed by atoms with Gasteiger partial charge in [-0.3, -0.25) is 0 Å². The lowest BCUT2D eigenvalue weighted by Crippen LogP contribution is -2.17. The van der Waals surface area contributed by atoms with Crippen LogP contribution in [0.2, 0.25) is 0 Å². The van der Waals surface area contributed by atoms with Crippen molar-refractivity contribution in [2.75, 3.05) is 0 Å². The lowest BCUT2D eigenvalue weighted by Gasteiger charge is -2.27. The summed E-state index contributed by atoms with van der Waals surface area (Å²) in [6.07, 6.45) is 9.00. The average molecular weight is 708 g/mol. The summed E-state index contributed by atoms with van der Waals surface area (Å²) in [5.41, 5.74) is 8.43.